The molecule has 0 aromatic heterocycles. The molecule has 4 rings (SSSR count). The van der Waals surface area contributed by atoms with Crippen molar-refractivity contribution in [3.63, 3.8) is 0 Å². The number of carbonyl (C=O) groups is 4. The predicted molar refractivity (Wildman–Crippen MR) is 127 cm³/mol. The van der Waals surface area contributed by atoms with Gasteiger partial charge in [0.1, 0.15) is 12.2 Å². The Morgan fingerprint density at radius 2 is 1.71 bits per heavy atom. The van der Waals surface area contributed by atoms with Gasteiger partial charge in [-0.15, -0.1) is 0 Å². The van der Waals surface area contributed by atoms with Crippen LogP contribution in [0.1, 0.15) is 21.5 Å². The predicted octanol–water partition coefficient (Wildman–Crippen LogP) is 3.89. The lowest BCUT2D eigenvalue weighted by Gasteiger charge is -2.12. The van der Waals surface area contributed by atoms with Gasteiger partial charge in [0, 0.05) is 5.69 Å². The van der Waals surface area contributed by atoms with Gasteiger partial charge in [-0.3, -0.25) is 9.59 Å². The van der Waals surface area contributed by atoms with Gasteiger partial charge in [-0.25, -0.2) is 14.5 Å². The molecular formula is C26H21N3O5. The van der Waals surface area contributed by atoms with E-state index in [-0.39, 0.29) is 11.3 Å². The number of amides is 4. The van der Waals surface area contributed by atoms with Crippen molar-refractivity contribution in [2.45, 2.75) is 6.92 Å². The summed E-state index contributed by atoms with van der Waals surface area (Å²) >= 11 is 0. The zero-order valence-corrected chi connectivity index (χ0v) is 18.2. The van der Waals surface area contributed by atoms with Crippen LogP contribution in [0.5, 0.6) is 0 Å². The highest BCUT2D eigenvalue weighted by Crippen LogP contribution is 2.23. The normalized spacial score (nSPS) is 14.3. The molecule has 1 heterocycles. The third-order valence-electron chi connectivity index (χ3n) is 5.23. The summed E-state index contributed by atoms with van der Waals surface area (Å²) in [6, 6.07) is 20.2. The van der Waals surface area contributed by atoms with E-state index in [0.29, 0.717) is 11.3 Å². The third kappa shape index (κ3) is 5.02. The van der Waals surface area contributed by atoms with E-state index in [1.54, 1.807) is 42.5 Å². The number of urea groups is 1. The van der Waals surface area contributed by atoms with E-state index in [9.17, 15) is 19.2 Å². The Bertz CT molecular complexity index is 1330. The molecule has 0 atom stereocenters. The summed E-state index contributed by atoms with van der Waals surface area (Å²) in [5.41, 5.74) is 4.09. The molecule has 1 aliphatic heterocycles. The van der Waals surface area contributed by atoms with Gasteiger partial charge in [0.25, 0.3) is 5.91 Å². The first-order valence-corrected chi connectivity index (χ1v) is 10.4. The number of aromatic carboxylic acids is 1. The number of nitrogens with one attached hydrogen (secondary N) is 2. The molecule has 0 unspecified atom stereocenters. The monoisotopic (exact) mass is 455 g/mol. The van der Waals surface area contributed by atoms with Gasteiger partial charge in [0.2, 0.25) is 5.91 Å². The van der Waals surface area contributed by atoms with Crippen LogP contribution in [0.2, 0.25) is 0 Å². The van der Waals surface area contributed by atoms with Crippen LogP contribution in [0.3, 0.4) is 0 Å². The van der Waals surface area contributed by atoms with Crippen molar-refractivity contribution in [2.75, 3.05) is 11.9 Å². The highest BCUT2D eigenvalue weighted by Gasteiger charge is 2.34. The summed E-state index contributed by atoms with van der Waals surface area (Å²) in [7, 11) is 0. The number of hydrogen-bond donors (Lipinski definition) is 3. The van der Waals surface area contributed by atoms with Gasteiger partial charge in [-0.1, -0.05) is 42.5 Å². The van der Waals surface area contributed by atoms with Crippen molar-refractivity contribution in [3.05, 3.63) is 95.2 Å². The van der Waals surface area contributed by atoms with Crippen molar-refractivity contribution >= 4 is 35.6 Å². The van der Waals surface area contributed by atoms with Crippen LogP contribution in [-0.4, -0.2) is 40.4 Å². The maximum atomic E-state index is 12.8. The molecule has 34 heavy (non-hydrogen) atoms. The minimum absolute atomic E-state index is 0.0618. The highest BCUT2D eigenvalue weighted by atomic mass is 16.4. The highest BCUT2D eigenvalue weighted by molar-refractivity contribution is 6.16. The number of rotatable bonds is 6. The molecule has 0 saturated carbocycles. The zero-order chi connectivity index (χ0) is 24.2. The van der Waals surface area contributed by atoms with Gasteiger partial charge in [-0.05, 0) is 65.6 Å². The molecule has 0 aliphatic carbocycles. The van der Waals surface area contributed by atoms with Crippen molar-refractivity contribution < 1.29 is 24.3 Å². The average molecular weight is 455 g/mol. The standard InChI is InChI=1S/C26H21N3O5/c1-16-4-2-7-21(12-16)27-23(30)15-29-24(31)22(28-26(29)34)14-17-5-3-6-20(13-17)18-8-10-19(11-9-18)25(32)33/h2-14H,15H2,1H3,(H,27,30)(H,28,34)(H,32,33)/b22-14-. The Morgan fingerprint density at radius 1 is 0.971 bits per heavy atom. The summed E-state index contributed by atoms with van der Waals surface area (Å²) in [6.45, 7) is 1.48. The van der Waals surface area contributed by atoms with Crippen molar-refractivity contribution in [1.29, 1.82) is 0 Å². The number of carbonyl (C=O) groups excluding carboxylic acids is 3. The average Bonchev–Trinajstić information content (AvgIpc) is 3.06. The number of nitrogens with zero attached hydrogens (tertiary/aromatic N) is 1. The smallest absolute Gasteiger partial charge is 0.335 e. The van der Waals surface area contributed by atoms with E-state index in [2.05, 4.69) is 10.6 Å². The van der Waals surface area contributed by atoms with Gasteiger partial charge in [-0.2, -0.15) is 0 Å². The summed E-state index contributed by atoms with van der Waals surface area (Å²) in [5.74, 6) is -2.08. The Balaban J connectivity index is 1.48. The van der Waals surface area contributed by atoms with Gasteiger partial charge in [0.05, 0.1) is 5.56 Å². The maximum absolute atomic E-state index is 12.8. The number of anilines is 1. The lowest BCUT2D eigenvalue weighted by molar-refractivity contribution is -0.127. The van der Waals surface area contributed by atoms with Crippen molar-refractivity contribution in [2.24, 2.45) is 0 Å². The van der Waals surface area contributed by atoms with E-state index < -0.39 is 30.4 Å². The van der Waals surface area contributed by atoms with Crippen LogP contribution in [0.4, 0.5) is 10.5 Å². The van der Waals surface area contributed by atoms with Crippen LogP contribution >= 0.6 is 0 Å². The van der Waals surface area contributed by atoms with Gasteiger partial charge in [0.15, 0.2) is 0 Å². The van der Waals surface area contributed by atoms with Crippen LogP contribution in [0.15, 0.2) is 78.5 Å². The zero-order valence-electron chi connectivity index (χ0n) is 18.2. The first kappa shape index (κ1) is 22.5. The molecule has 0 radical (unpaired) electrons. The molecule has 8 nitrogen and oxygen atoms in total. The van der Waals surface area contributed by atoms with Crippen LogP contribution in [0, 0.1) is 6.92 Å². The molecular weight excluding hydrogens is 434 g/mol. The minimum atomic E-state index is -1.00. The first-order chi connectivity index (χ1) is 16.3. The maximum Gasteiger partial charge on any atom is 0.335 e. The summed E-state index contributed by atoms with van der Waals surface area (Å²) in [4.78, 5) is 49.3. The number of hydrogen-bond acceptors (Lipinski definition) is 4. The summed E-state index contributed by atoms with van der Waals surface area (Å²) in [6.07, 6.45) is 1.54. The van der Waals surface area contributed by atoms with Crippen LogP contribution in [0.25, 0.3) is 17.2 Å². The van der Waals surface area contributed by atoms with E-state index in [1.807, 2.05) is 25.1 Å². The van der Waals surface area contributed by atoms with E-state index in [4.69, 9.17) is 5.11 Å². The lowest BCUT2D eigenvalue weighted by atomic mass is 10.0. The fraction of sp³-hybridized carbons (Fsp3) is 0.0769. The number of aryl methyl sites for hydroxylation is 1. The summed E-state index contributed by atoms with van der Waals surface area (Å²) < 4.78 is 0. The minimum Gasteiger partial charge on any atom is -0.478 e. The number of carboxylic acid groups (broad SMARTS) is 1. The van der Waals surface area contributed by atoms with Gasteiger partial charge >= 0.3 is 12.0 Å². The molecule has 1 saturated heterocycles. The molecule has 8 heteroatoms. The van der Waals surface area contributed by atoms with Crippen molar-refractivity contribution in [1.82, 2.24) is 10.2 Å². The van der Waals surface area contributed by atoms with Gasteiger partial charge < -0.3 is 15.7 Å². The molecule has 170 valence electrons. The second kappa shape index (κ2) is 9.41. The second-order valence-electron chi connectivity index (χ2n) is 7.81. The van der Waals surface area contributed by atoms with E-state index in [0.717, 1.165) is 21.6 Å². The largest absolute Gasteiger partial charge is 0.478 e. The number of carboxylic acids is 1. The summed E-state index contributed by atoms with van der Waals surface area (Å²) in [5, 5.41) is 14.2. The SMILES string of the molecule is Cc1cccc(NC(=O)CN2C(=O)N/C(=C\c3cccc(-c4ccc(C(=O)O)cc4)c3)C2=O)c1. The number of benzene rings is 3. The molecule has 4 amide bonds. The third-order valence-corrected chi connectivity index (χ3v) is 5.23. The molecule has 0 bridgehead atoms. The molecule has 1 aliphatic rings. The van der Waals surface area contributed by atoms with Crippen molar-refractivity contribution in [3.8, 4) is 11.1 Å². The van der Waals surface area contributed by atoms with E-state index in [1.165, 1.54) is 18.2 Å². The Morgan fingerprint density at radius 3 is 2.41 bits per heavy atom. The molecule has 3 aromatic rings. The first-order valence-electron chi connectivity index (χ1n) is 10.4. The lowest BCUT2D eigenvalue weighted by Crippen LogP contribution is -2.38. The van der Waals surface area contributed by atoms with Crippen LogP contribution in [-0.2, 0) is 9.59 Å². The quantitative estimate of drug-likeness (QED) is 0.385. The fourth-order valence-electron chi connectivity index (χ4n) is 3.56. The molecule has 1 fully saturated rings. The van der Waals surface area contributed by atoms with Crippen LogP contribution < -0.4 is 10.6 Å². The molecule has 3 N–H and O–H groups in total. The Hall–Kier alpha value is -4.72. The molecule has 3 aromatic carbocycles. The Kier molecular flexibility index (Phi) is 6.22. The fourth-order valence-corrected chi connectivity index (χ4v) is 3.56. The molecule has 0 spiro atoms. The second-order valence-corrected chi connectivity index (χ2v) is 7.81. The number of imide groups is 1. The Labute approximate surface area is 195 Å². The topological polar surface area (TPSA) is 116 Å². The van der Waals surface area contributed by atoms with E-state index >= 15 is 0 Å².